The van der Waals surface area contributed by atoms with Gasteiger partial charge < -0.3 is 0 Å². The number of aromatic nitrogens is 2. The molecule has 3 nitrogen and oxygen atoms in total. The van der Waals surface area contributed by atoms with Gasteiger partial charge in [0, 0.05) is 12.7 Å². The molecule has 6 rings (SSSR count). The molecular formula is C28H41N3. The van der Waals surface area contributed by atoms with Gasteiger partial charge in [-0.3, -0.25) is 4.68 Å². The molecule has 0 bridgehead atoms. The van der Waals surface area contributed by atoms with E-state index >= 15 is 0 Å². The normalized spacial score (nSPS) is 45.3. The first-order chi connectivity index (χ1) is 15.1. The molecule has 9 unspecified atom stereocenters. The Labute approximate surface area is 189 Å². The molecule has 0 amide bonds. The van der Waals surface area contributed by atoms with Crippen molar-refractivity contribution in [1.29, 1.82) is 5.26 Å². The van der Waals surface area contributed by atoms with E-state index in [1.165, 1.54) is 32.1 Å². The van der Waals surface area contributed by atoms with Gasteiger partial charge in [-0.2, -0.15) is 10.4 Å². The van der Waals surface area contributed by atoms with E-state index in [-0.39, 0.29) is 0 Å². The van der Waals surface area contributed by atoms with E-state index in [1.54, 1.807) is 44.7 Å². The van der Waals surface area contributed by atoms with Crippen LogP contribution in [0.15, 0.2) is 12.4 Å². The van der Waals surface area contributed by atoms with Gasteiger partial charge >= 0.3 is 0 Å². The predicted molar refractivity (Wildman–Crippen MR) is 123 cm³/mol. The van der Waals surface area contributed by atoms with Crippen molar-refractivity contribution in [2.24, 2.45) is 58.7 Å². The number of nitrogens with zero attached hydrogens (tertiary/aromatic N) is 3. The second kappa shape index (κ2) is 7.64. The van der Waals surface area contributed by atoms with Crippen molar-refractivity contribution in [2.75, 3.05) is 0 Å². The summed E-state index contributed by atoms with van der Waals surface area (Å²) in [5, 5.41) is 13.6. The number of fused-ring (bicyclic) bond motifs is 5. The van der Waals surface area contributed by atoms with E-state index in [2.05, 4.69) is 25.0 Å². The Balaban J connectivity index is 1.15. The monoisotopic (exact) mass is 419 g/mol. The molecule has 5 fully saturated rings. The lowest BCUT2D eigenvalue weighted by molar-refractivity contribution is -0.0756. The van der Waals surface area contributed by atoms with Crippen LogP contribution in [0.5, 0.6) is 0 Å². The average molecular weight is 420 g/mol. The molecule has 1 aromatic rings. The van der Waals surface area contributed by atoms with Crippen molar-refractivity contribution >= 4 is 0 Å². The summed E-state index contributed by atoms with van der Waals surface area (Å²) in [4.78, 5) is 0. The van der Waals surface area contributed by atoms with Gasteiger partial charge in [0.05, 0.1) is 11.8 Å². The smallest absolute Gasteiger partial charge is 0.102 e. The Morgan fingerprint density at radius 2 is 1.77 bits per heavy atom. The second-order valence-electron chi connectivity index (χ2n) is 12.6. The molecule has 1 heterocycles. The maximum Gasteiger partial charge on any atom is 0.102 e. The highest BCUT2D eigenvalue weighted by molar-refractivity contribution is 5.21. The molecule has 0 aromatic carbocycles. The molecule has 3 heteroatoms. The molecule has 5 saturated carbocycles. The molecule has 31 heavy (non-hydrogen) atoms. The highest BCUT2D eigenvalue weighted by atomic mass is 15.3. The molecule has 0 saturated heterocycles. The third-order valence-electron chi connectivity index (χ3n) is 11.3. The van der Waals surface area contributed by atoms with Crippen molar-refractivity contribution in [3.63, 3.8) is 0 Å². The van der Waals surface area contributed by atoms with Crippen LogP contribution in [0.25, 0.3) is 0 Å². The maximum absolute atomic E-state index is 9.13. The van der Waals surface area contributed by atoms with Crippen molar-refractivity contribution in [1.82, 2.24) is 9.78 Å². The van der Waals surface area contributed by atoms with Crippen LogP contribution in [0, 0.1) is 70.0 Å². The summed E-state index contributed by atoms with van der Waals surface area (Å²) in [6.45, 7) is 6.09. The fourth-order valence-corrected chi connectivity index (χ4v) is 9.80. The second-order valence-corrected chi connectivity index (χ2v) is 12.6. The standard InChI is InChI=1S/C28H41N3/c1-18(16-31-17-19(14-29)15-30-31)26-9-10-27-25-8-6-22-13-21(20-3-4-20)5-7-23(22)24(25)11-12-28(26,27)2/h15,17-18,20-27H,3-13,16H2,1-2H3. The summed E-state index contributed by atoms with van der Waals surface area (Å²) in [6, 6.07) is 2.23. The Bertz CT molecular complexity index is 847. The third kappa shape index (κ3) is 3.39. The zero-order valence-electron chi connectivity index (χ0n) is 19.7. The van der Waals surface area contributed by atoms with Crippen LogP contribution in [0.2, 0.25) is 0 Å². The number of rotatable bonds is 4. The van der Waals surface area contributed by atoms with Crippen LogP contribution < -0.4 is 0 Å². The van der Waals surface area contributed by atoms with E-state index in [0.717, 1.165) is 53.9 Å². The predicted octanol–water partition coefficient (Wildman–Crippen LogP) is 6.69. The van der Waals surface area contributed by atoms with Crippen molar-refractivity contribution < 1.29 is 0 Å². The minimum atomic E-state index is 0.532. The molecule has 0 aliphatic heterocycles. The molecule has 168 valence electrons. The summed E-state index contributed by atoms with van der Waals surface area (Å²) in [5.41, 5.74) is 1.22. The van der Waals surface area contributed by atoms with E-state index in [1.807, 2.05) is 10.9 Å². The van der Waals surface area contributed by atoms with Crippen LogP contribution in [-0.2, 0) is 6.54 Å². The van der Waals surface area contributed by atoms with E-state index in [4.69, 9.17) is 5.26 Å². The van der Waals surface area contributed by atoms with Crippen molar-refractivity contribution in [2.45, 2.75) is 91.0 Å². The lowest BCUT2D eigenvalue weighted by Crippen LogP contribution is -2.49. The van der Waals surface area contributed by atoms with Crippen LogP contribution in [0.3, 0.4) is 0 Å². The zero-order chi connectivity index (χ0) is 21.2. The summed E-state index contributed by atoms with van der Waals surface area (Å²) >= 11 is 0. The molecule has 9 atom stereocenters. The fourth-order valence-electron chi connectivity index (χ4n) is 9.80. The molecule has 0 spiro atoms. The minimum Gasteiger partial charge on any atom is -0.271 e. The van der Waals surface area contributed by atoms with Gasteiger partial charge in [0.2, 0.25) is 0 Å². The third-order valence-corrected chi connectivity index (χ3v) is 11.3. The highest BCUT2D eigenvalue weighted by Gasteiger charge is 2.58. The van der Waals surface area contributed by atoms with Crippen LogP contribution in [-0.4, -0.2) is 9.78 Å². The van der Waals surface area contributed by atoms with Crippen LogP contribution in [0.4, 0.5) is 0 Å². The number of nitriles is 1. The topological polar surface area (TPSA) is 41.6 Å². The summed E-state index contributed by atoms with van der Waals surface area (Å²) in [5.74, 6) is 8.88. The van der Waals surface area contributed by atoms with Crippen LogP contribution in [0.1, 0.15) is 90.0 Å². The lowest BCUT2D eigenvalue weighted by Gasteiger charge is -2.57. The van der Waals surface area contributed by atoms with Gasteiger partial charge in [-0.15, -0.1) is 0 Å². The first-order valence-electron chi connectivity index (χ1n) is 13.5. The molecule has 0 N–H and O–H groups in total. The maximum atomic E-state index is 9.13. The minimum absolute atomic E-state index is 0.532. The first-order valence-corrected chi connectivity index (χ1v) is 13.5. The largest absolute Gasteiger partial charge is 0.271 e. The van der Waals surface area contributed by atoms with Gasteiger partial charge in [-0.25, -0.2) is 0 Å². The SMILES string of the molecule is CC(Cn1cc(C#N)cn1)C1CCC2C3CCC4CC(C5CC5)CCC4C3CCC12C. The van der Waals surface area contributed by atoms with Crippen molar-refractivity contribution in [3.8, 4) is 6.07 Å². The van der Waals surface area contributed by atoms with Gasteiger partial charge in [-0.05, 0) is 129 Å². The van der Waals surface area contributed by atoms with Crippen molar-refractivity contribution in [3.05, 3.63) is 18.0 Å². The molecule has 5 aliphatic carbocycles. The van der Waals surface area contributed by atoms with Gasteiger partial charge in [0.15, 0.2) is 0 Å². The van der Waals surface area contributed by atoms with Gasteiger partial charge in [0.25, 0.3) is 0 Å². The number of hydrogen-bond donors (Lipinski definition) is 0. The van der Waals surface area contributed by atoms with Crippen LogP contribution >= 0.6 is 0 Å². The Morgan fingerprint density at radius 1 is 1.00 bits per heavy atom. The Kier molecular flexibility index (Phi) is 5.00. The Morgan fingerprint density at radius 3 is 2.55 bits per heavy atom. The zero-order valence-corrected chi connectivity index (χ0v) is 19.7. The number of hydrogen-bond acceptors (Lipinski definition) is 2. The molecule has 5 aliphatic rings. The molecule has 1 aromatic heterocycles. The highest BCUT2D eigenvalue weighted by Crippen LogP contribution is 2.66. The molecular weight excluding hydrogens is 378 g/mol. The average Bonchev–Trinajstić information content (AvgIpc) is 3.43. The molecule has 0 radical (unpaired) electrons. The summed E-state index contributed by atoms with van der Waals surface area (Å²) in [7, 11) is 0. The summed E-state index contributed by atoms with van der Waals surface area (Å²) < 4.78 is 2.02. The van der Waals surface area contributed by atoms with Gasteiger partial charge in [-0.1, -0.05) is 13.8 Å². The lowest BCUT2D eigenvalue weighted by atomic mass is 9.48. The van der Waals surface area contributed by atoms with Gasteiger partial charge in [0.1, 0.15) is 6.07 Å². The van der Waals surface area contributed by atoms with E-state index in [9.17, 15) is 0 Å². The van der Waals surface area contributed by atoms with E-state index < -0.39 is 0 Å². The van der Waals surface area contributed by atoms with E-state index in [0.29, 0.717) is 16.9 Å². The first kappa shape index (κ1) is 20.3. The Hall–Kier alpha value is -1.30. The fraction of sp³-hybridized carbons (Fsp3) is 0.857. The quantitative estimate of drug-likeness (QED) is 0.546. The summed E-state index contributed by atoms with van der Waals surface area (Å²) in [6.07, 6.45) is 20.4.